The van der Waals surface area contributed by atoms with Gasteiger partial charge >= 0.3 is 6.03 Å². The predicted octanol–water partition coefficient (Wildman–Crippen LogP) is 4.71. The number of carbonyl (C=O) groups is 1. The highest BCUT2D eigenvalue weighted by molar-refractivity contribution is 6.00. The van der Waals surface area contributed by atoms with Crippen molar-refractivity contribution in [3.63, 3.8) is 0 Å². The van der Waals surface area contributed by atoms with Crippen molar-refractivity contribution in [1.82, 2.24) is 9.78 Å². The zero-order chi connectivity index (χ0) is 18.8. The van der Waals surface area contributed by atoms with Crippen molar-refractivity contribution in [3.8, 4) is 11.4 Å². The van der Waals surface area contributed by atoms with E-state index in [9.17, 15) is 4.79 Å². The normalized spacial score (nSPS) is 13.3. The maximum absolute atomic E-state index is 12.6. The summed E-state index contributed by atoms with van der Waals surface area (Å²) in [4.78, 5) is 12.6. The molecule has 1 saturated carbocycles. The van der Waals surface area contributed by atoms with E-state index in [4.69, 9.17) is 9.84 Å². The summed E-state index contributed by atoms with van der Waals surface area (Å²) in [5.41, 5.74) is 3.61. The van der Waals surface area contributed by atoms with E-state index in [-0.39, 0.29) is 6.03 Å². The van der Waals surface area contributed by atoms with Crippen LogP contribution in [0, 0.1) is 6.92 Å². The number of methoxy groups -OCH3 is 1. The molecule has 0 unspecified atom stereocenters. The van der Waals surface area contributed by atoms with Gasteiger partial charge in [-0.3, -0.25) is 5.32 Å². The number of hydrogen-bond donors (Lipinski definition) is 2. The van der Waals surface area contributed by atoms with E-state index in [1.165, 1.54) is 0 Å². The number of ether oxygens (including phenoxy) is 1. The van der Waals surface area contributed by atoms with E-state index in [2.05, 4.69) is 10.6 Å². The van der Waals surface area contributed by atoms with Gasteiger partial charge in [0.1, 0.15) is 11.6 Å². The molecule has 6 heteroatoms. The second-order valence-corrected chi connectivity index (χ2v) is 6.74. The number of para-hydroxylation sites is 1. The third-order valence-corrected chi connectivity index (χ3v) is 4.65. The Morgan fingerprint density at radius 2 is 1.89 bits per heavy atom. The van der Waals surface area contributed by atoms with Crippen LogP contribution < -0.4 is 15.4 Å². The first-order valence-corrected chi connectivity index (χ1v) is 9.02. The first-order valence-electron chi connectivity index (χ1n) is 9.02. The maximum Gasteiger partial charge on any atom is 0.324 e. The minimum absolute atomic E-state index is 0.303. The Morgan fingerprint density at radius 3 is 2.56 bits per heavy atom. The summed E-state index contributed by atoms with van der Waals surface area (Å²) in [6.45, 7) is 1.93. The fraction of sp³-hybridized carbons (Fsp3) is 0.238. The van der Waals surface area contributed by atoms with Crippen LogP contribution in [-0.2, 0) is 0 Å². The number of amides is 2. The van der Waals surface area contributed by atoms with Crippen molar-refractivity contribution in [2.75, 3.05) is 17.7 Å². The Balaban J connectivity index is 1.56. The third kappa shape index (κ3) is 3.79. The topological polar surface area (TPSA) is 68.2 Å². The number of aromatic nitrogens is 2. The van der Waals surface area contributed by atoms with Crippen LogP contribution in [0.25, 0.3) is 5.69 Å². The highest BCUT2D eigenvalue weighted by atomic mass is 16.5. The van der Waals surface area contributed by atoms with E-state index < -0.39 is 0 Å². The van der Waals surface area contributed by atoms with Crippen molar-refractivity contribution in [2.24, 2.45) is 0 Å². The Kier molecular flexibility index (Phi) is 4.54. The van der Waals surface area contributed by atoms with Gasteiger partial charge in [0, 0.05) is 17.7 Å². The van der Waals surface area contributed by atoms with Gasteiger partial charge in [-0.2, -0.15) is 5.10 Å². The zero-order valence-corrected chi connectivity index (χ0v) is 15.4. The van der Waals surface area contributed by atoms with Crippen LogP contribution in [0.4, 0.5) is 16.3 Å². The minimum Gasteiger partial charge on any atom is -0.497 e. The summed E-state index contributed by atoms with van der Waals surface area (Å²) in [5, 5.41) is 10.5. The van der Waals surface area contributed by atoms with Crippen LogP contribution in [0.15, 0.2) is 54.6 Å². The summed E-state index contributed by atoms with van der Waals surface area (Å²) >= 11 is 0. The monoisotopic (exact) mass is 362 g/mol. The number of anilines is 2. The van der Waals surface area contributed by atoms with Crippen LogP contribution in [0.1, 0.15) is 30.0 Å². The largest absolute Gasteiger partial charge is 0.497 e. The predicted molar refractivity (Wildman–Crippen MR) is 106 cm³/mol. The van der Waals surface area contributed by atoms with Crippen LogP contribution in [0.3, 0.4) is 0 Å². The summed E-state index contributed by atoms with van der Waals surface area (Å²) in [7, 11) is 1.62. The molecule has 6 nitrogen and oxygen atoms in total. The molecule has 2 aromatic carbocycles. The van der Waals surface area contributed by atoms with Crippen molar-refractivity contribution in [3.05, 3.63) is 65.9 Å². The molecule has 27 heavy (non-hydrogen) atoms. The molecular formula is C21H22N4O2. The fourth-order valence-corrected chi connectivity index (χ4v) is 3.01. The van der Waals surface area contributed by atoms with Crippen molar-refractivity contribution >= 4 is 17.5 Å². The average Bonchev–Trinajstić information content (AvgIpc) is 3.45. The Labute approximate surface area is 158 Å². The van der Waals surface area contributed by atoms with Gasteiger partial charge in [-0.05, 0) is 55.7 Å². The van der Waals surface area contributed by atoms with Gasteiger partial charge in [0.15, 0.2) is 0 Å². The minimum atomic E-state index is -0.303. The number of nitrogens with zero attached hydrogens (tertiary/aromatic N) is 2. The molecule has 2 amide bonds. The van der Waals surface area contributed by atoms with Gasteiger partial charge in [0.25, 0.3) is 0 Å². The molecular weight excluding hydrogens is 340 g/mol. The number of urea groups is 1. The van der Waals surface area contributed by atoms with Crippen LogP contribution in [0.2, 0.25) is 0 Å². The van der Waals surface area contributed by atoms with Gasteiger partial charge in [-0.1, -0.05) is 18.2 Å². The van der Waals surface area contributed by atoms with Crippen LogP contribution >= 0.6 is 0 Å². The molecule has 3 aromatic rings. The highest BCUT2D eigenvalue weighted by Gasteiger charge is 2.28. The highest BCUT2D eigenvalue weighted by Crippen LogP contribution is 2.40. The maximum atomic E-state index is 12.6. The molecule has 0 spiro atoms. The first kappa shape index (κ1) is 17.1. The lowest BCUT2D eigenvalue weighted by atomic mass is 10.2. The summed E-state index contributed by atoms with van der Waals surface area (Å²) < 4.78 is 6.99. The lowest BCUT2D eigenvalue weighted by Crippen LogP contribution is -2.21. The number of aryl methyl sites for hydroxylation is 1. The number of carbonyl (C=O) groups excluding carboxylic acids is 1. The van der Waals surface area contributed by atoms with Crippen LogP contribution in [-0.4, -0.2) is 22.9 Å². The zero-order valence-electron chi connectivity index (χ0n) is 15.4. The number of nitrogens with one attached hydrogen (secondary N) is 2. The summed E-state index contributed by atoms with van der Waals surface area (Å²) in [6.07, 6.45) is 2.31. The Morgan fingerprint density at radius 1 is 1.11 bits per heavy atom. The Bertz CT molecular complexity index is 962. The van der Waals surface area contributed by atoms with Crippen molar-refractivity contribution in [1.29, 1.82) is 0 Å². The molecule has 138 valence electrons. The third-order valence-electron chi connectivity index (χ3n) is 4.65. The molecule has 4 rings (SSSR count). The lowest BCUT2D eigenvalue weighted by Gasteiger charge is -2.12. The smallest absolute Gasteiger partial charge is 0.324 e. The van der Waals surface area contributed by atoms with Gasteiger partial charge in [0.2, 0.25) is 0 Å². The fourth-order valence-electron chi connectivity index (χ4n) is 3.01. The average molecular weight is 362 g/mol. The Hall–Kier alpha value is -3.28. The second-order valence-electron chi connectivity index (χ2n) is 6.74. The van der Waals surface area contributed by atoms with E-state index in [0.29, 0.717) is 11.7 Å². The second kappa shape index (κ2) is 7.15. The molecule has 0 saturated heterocycles. The molecule has 1 aliphatic carbocycles. The van der Waals surface area contributed by atoms with Gasteiger partial charge in [0.05, 0.1) is 18.5 Å². The standard InChI is InChI=1S/C21H22N4O2/c1-14-12-17(27-2)10-11-18(14)22-21(26)23-20-13-19(15-8-9-15)24-25(20)16-6-4-3-5-7-16/h3-7,10-13,15H,8-9H2,1-2H3,(H2,22,23,26). The van der Waals surface area contributed by atoms with Gasteiger partial charge < -0.3 is 10.1 Å². The molecule has 0 bridgehead atoms. The van der Waals surface area contributed by atoms with Crippen molar-refractivity contribution < 1.29 is 9.53 Å². The van der Waals surface area contributed by atoms with E-state index in [0.717, 1.165) is 41.2 Å². The molecule has 1 fully saturated rings. The number of hydrogen-bond acceptors (Lipinski definition) is 3. The van der Waals surface area contributed by atoms with E-state index in [1.807, 2.05) is 61.5 Å². The van der Waals surface area contributed by atoms with E-state index in [1.54, 1.807) is 11.8 Å². The van der Waals surface area contributed by atoms with Crippen LogP contribution in [0.5, 0.6) is 5.75 Å². The SMILES string of the molecule is COc1ccc(NC(=O)Nc2cc(C3CC3)nn2-c2ccccc2)c(C)c1. The van der Waals surface area contributed by atoms with Gasteiger partial charge in [-0.25, -0.2) is 9.48 Å². The lowest BCUT2D eigenvalue weighted by molar-refractivity contribution is 0.262. The molecule has 0 radical (unpaired) electrons. The summed E-state index contributed by atoms with van der Waals surface area (Å²) in [5.74, 6) is 1.92. The molecule has 0 atom stereocenters. The molecule has 2 N–H and O–H groups in total. The quantitative estimate of drug-likeness (QED) is 0.691. The first-order chi connectivity index (χ1) is 13.1. The van der Waals surface area contributed by atoms with E-state index >= 15 is 0 Å². The summed E-state index contributed by atoms with van der Waals surface area (Å²) in [6, 6.07) is 17.0. The van der Waals surface area contributed by atoms with Gasteiger partial charge in [-0.15, -0.1) is 0 Å². The molecule has 1 heterocycles. The molecule has 0 aliphatic heterocycles. The number of rotatable bonds is 5. The molecule has 1 aliphatic rings. The van der Waals surface area contributed by atoms with Crippen molar-refractivity contribution in [2.45, 2.75) is 25.7 Å². The number of benzene rings is 2. The molecule has 1 aromatic heterocycles.